The lowest BCUT2D eigenvalue weighted by atomic mass is 10.0. The number of hydrogen-bond donors (Lipinski definition) is 1. The van der Waals surface area contributed by atoms with Crippen molar-refractivity contribution < 1.29 is 4.79 Å². The Morgan fingerprint density at radius 1 is 0.750 bits per heavy atom. The zero-order chi connectivity index (χ0) is 24.9. The molecule has 1 N–H and O–H groups in total. The topological polar surface area (TPSA) is 70.5 Å². The van der Waals surface area contributed by atoms with E-state index in [1.165, 1.54) is 9.69 Å². The standard InChI is InChI=1S/C30H24N4O2/c1-22-26(29(35)33(31-22)24-16-8-3-9-17-24)20-12-5-13-21-27-28(23-14-6-2-7-15-23)32-34(30(27)36)25-18-10-4-11-19-25/h2-21,31H,1H3. The molecular formula is C30H24N4O2. The highest BCUT2D eigenvalue weighted by atomic mass is 16.2. The minimum Gasteiger partial charge on any atom is -0.295 e. The number of allylic oxidation sites excluding steroid dienone is 4. The van der Waals surface area contributed by atoms with Gasteiger partial charge in [0.1, 0.15) is 5.71 Å². The van der Waals surface area contributed by atoms with Crippen molar-refractivity contribution in [3.05, 3.63) is 148 Å². The van der Waals surface area contributed by atoms with Gasteiger partial charge in [0.05, 0.1) is 22.5 Å². The first kappa shape index (κ1) is 22.8. The number of nitrogens with one attached hydrogen (secondary N) is 1. The fraction of sp³-hybridized carbons (Fsp3) is 0.0333. The number of aromatic amines is 1. The molecule has 6 heteroatoms. The summed E-state index contributed by atoms with van der Waals surface area (Å²) in [5, 5.41) is 9.16. The van der Waals surface area contributed by atoms with Crippen LogP contribution in [0.15, 0.2) is 131 Å². The van der Waals surface area contributed by atoms with Crippen LogP contribution in [0.1, 0.15) is 16.8 Å². The van der Waals surface area contributed by atoms with Gasteiger partial charge in [-0.1, -0.05) is 85.0 Å². The molecule has 36 heavy (non-hydrogen) atoms. The van der Waals surface area contributed by atoms with Gasteiger partial charge in [0, 0.05) is 11.3 Å². The van der Waals surface area contributed by atoms with Crippen LogP contribution in [0.5, 0.6) is 0 Å². The molecule has 1 aliphatic heterocycles. The van der Waals surface area contributed by atoms with Crippen LogP contribution in [0, 0.1) is 6.92 Å². The first-order chi connectivity index (χ1) is 17.6. The highest BCUT2D eigenvalue weighted by Gasteiger charge is 2.31. The van der Waals surface area contributed by atoms with Crippen LogP contribution >= 0.6 is 0 Å². The monoisotopic (exact) mass is 472 g/mol. The number of hydrazone groups is 1. The third-order valence-corrected chi connectivity index (χ3v) is 5.81. The molecule has 0 saturated heterocycles. The van der Waals surface area contributed by atoms with E-state index in [4.69, 9.17) is 0 Å². The number of hydrogen-bond acceptors (Lipinski definition) is 3. The Morgan fingerprint density at radius 2 is 1.36 bits per heavy atom. The summed E-state index contributed by atoms with van der Waals surface area (Å²) in [5.74, 6) is -0.194. The molecular weight excluding hydrogens is 448 g/mol. The van der Waals surface area contributed by atoms with Gasteiger partial charge >= 0.3 is 0 Å². The Hall–Kier alpha value is -4.97. The van der Waals surface area contributed by atoms with Crippen molar-refractivity contribution in [2.24, 2.45) is 5.10 Å². The number of para-hydroxylation sites is 2. The predicted molar refractivity (Wildman–Crippen MR) is 144 cm³/mol. The second-order valence-corrected chi connectivity index (χ2v) is 8.22. The largest absolute Gasteiger partial charge is 0.295 e. The fourth-order valence-corrected chi connectivity index (χ4v) is 4.00. The lowest BCUT2D eigenvalue weighted by molar-refractivity contribution is -0.114. The van der Waals surface area contributed by atoms with Crippen LogP contribution in [0.4, 0.5) is 5.69 Å². The van der Waals surface area contributed by atoms with Crippen LogP contribution in [0.25, 0.3) is 11.8 Å². The van der Waals surface area contributed by atoms with E-state index < -0.39 is 0 Å². The molecule has 176 valence electrons. The van der Waals surface area contributed by atoms with E-state index in [1.54, 1.807) is 30.4 Å². The number of H-pyrrole nitrogens is 1. The minimum atomic E-state index is -0.194. The summed E-state index contributed by atoms with van der Waals surface area (Å²) in [6.07, 6.45) is 8.90. The van der Waals surface area contributed by atoms with Gasteiger partial charge in [0.25, 0.3) is 11.5 Å². The smallest absolute Gasteiger partial charge is 0.281 e. The number of benzene rings is 3. The molecule has 0 bridgehead atoms. The van der Waals surface area contributed by atoms with Gasteiger partial charge in [-0.15, -0.1) is 0 Å². The van der Waals surface area contributed by atoms with Crippen molar-refractivity contribution in [2.45, 2.75) is 6.92 Å². The molecule has 5 rings (SSSR count). The van der Waals surface area contributed by atoms with Crippen molar-refractivity contribution in [3.8, 4) is 5.69 Å². The third kappa shape index (κ3) is 4.52. The van der Waals surface area contributed by atoms with E-state index in [2.05, 4.69) is 10.2 Å². The maximum atomic E-state index is 13.2. The van der Waals surface area contributed by atoms with Crippen molar-refractivity contribution in [2.75, 3.05) is 5.01 Å². The normalized spacial score (nSPS) is 14.9. The molecule has 0 spiro atoms. The Labute approximate surface area is 208 Å². The predicted octanol–water partition coefficient (Wildman–Crippen LogP) is 5.42. The number of aromatic nitrogens is 2. The maximum Gasteiger partial charge on any atom is 0.281 e. The molecule has 6 nitrogen and oxygen atoms in total. The molecule has 4 aromatic rings. The van der Waals surface area contributed by atoms with E-state index >= 15 is 0 Å². The van der Waals surface area contributed by atoms with Crippen LogP contribution < -0.4 is 10.6 Å². The molecule has 0 atom stereocenters. The second-order valence-electron chi connectivity index (χ2n) is 8.22. The average molecular weight is 473 g/mol. The molecule has 0 unspecified atom stereocenters. The Bertz CT molecular complexity index is 1560. The zero-order valence-electron chi connectivity index (χ0n) is 19.7. The third-order valence-electron chi connectivity index (χ3n) is 5.81. The van der Waals surface area contributed by atoms with Crippen LogP contribution in [-0.2, 0) is 4.79 Å². The van der Waals surface area contributed by atoms with Crippen LogP contribution in [0.2, 0.25) is 0 Å². The van der Waals surface area contributed by atoms with Crippen molar-refractivity contribution in [1.29, 1.82) is 0 Å². The molecule has 0 radical (unpaired) electrons. The summed E-state index contributed by atoms with van der Waals surface area (Å²) in [4.78, 5) is 26.1. The summed E-state index contributed by atoms with van der Waals surface area (Å²) in [6, 6.07) is 28.4. The van der Waals surface area contributed by atoms with Gasteiger partial charge in [-0.05, 0) is 43.3 Å². The quantitative estimate of drug-likeness (QED) is 0.301. The SMILES string of the molecule is Cc1[nH]n(-c2ccccc2)c(=O)c1C=CC=CC=C1C(=O)N(c2ccccc2)N=C1c1ccccc1. The lowest BCUT2D eigenvalue weighted by Gasteiger charge is -2.10. The zero-order valence-corrected chi connectivity index (χ0v) is 19.7. The number of aryl methyl sites for hydroxylation is 1. The van der Waals surface area contributed by atoms with Crippen molar-refractivity contribution in [1.82, 2.24) is 9.78 Å². The van der Waals surface area contributed by atoms with Crippen molar-refractivity contribution in [3.63, 3.8) is 0 Å². The summed E-state index contributed by atoms with van der Waals surface area (Å²) in [7, 11) is 0. The van der Waals surface area contributed by atoms with E-state index in [1.807, 2.05) is 97.9 Å². The lowest BCUT2D eigenvalue weighted by Crippen LogP contribution is -2.21. The highest BCUT2D eigenvalue weighted by Crippen LogP contribution is 2.26. The number of carbonyl (C=O) groups is 1. The molecule has 0 aliphatic carbocycles. The van der Waals surface area contributed by atoms with Crippen LogP contribution in [0.3, 0.4) is 0 Å². The summed E-state index contributed by atoms with van der Waals surface area (Å²) in [6.45, 7) is 1.87. The summed E-state index contributed by atoms with van der Waals surface area (Å²) in [5.41, 5.74) is 4.70. The molecule has 2 heterocycles. The van der Waals surface area contributed by atoms with Gasteiger partial charge in [0.2, 0.25) is 0 Å². The first-order valence-corrected chi connectivity index (χ1v) is 11.6. The maximum absolute atomic E-state index is 13.2. The van der Waals surface area contributed by atoms with Crippen molar-refractivity contribution >= 4 is 23.4 Å². The van der Waals surface area contributed by atoms with Gasteiger partial charge < -0.3 is 0 Å². The van der Waals surface area contributed by atoms with Gasteiger partial charge in [-0.3, -0.25) is 14.7 Å². The number of amides is 1. The van der Waals surface area contributed by atoms with E-state index in [9.17, 15) is 9.59 Å². The van der Waals surface area contributed by atoms with Crippen LogP contribution in [-0.4, -0.2) is 21.4 Å². The van der Waals surface area contributed by atoms with Gasteiger partial charge in [-0.2, -0.15) is 10.1 Å². The van der Waals surface area contributed by atoms with E-state index in [-0.39, 0.29) is 11.5 Å². The molecule has 1 aromatic heterocycles. The Balaban J connectivity index is 1.41. The highest BCUT2D eigenvalue weighted by molar-refractivity contribution is 6.35. The number of carbonyl (C=O) groups excluding carboxylic acids is 1. The first-order valence-electron chi connectivity index (χ1n) is 11.6. The number of rotatable bonds is 6. The second kappa shape index (κ2) is 10.1. The molecule has 3 aromatic carbocycles. The number of nitrogens with zero attached hydrogens (tertiary/aromatic N) is 3. The number of anilines is 1. The molecule has 1 amide bonds. The van der Waals surface area contributed by atoms with E-state index in [0.29, 0.717) is 22.5 Å². The minimum absolute atomic E-state index is 0.121. The average Bonchev–Trinajstić information content (AvgIpc) is 3.40. The molecule has 0 fully saturated rings. The van der Waals surface area contributed by atoms with E-state index in [0.717, 1.165) is 16.9 Å². The molecule has 1 aliphatic rings. The fourth-order valence-electron chi connectivity index (χ4n) is 4.00. The summed E-state index contributed by atoms with van der Waals surface area (Å²) < 4.78 is 1.53. The Morgan fingerprint density at radius 3 is 2.03 bits per heavy atom. The Kier molecular flexibility index (Phi) is 6.40. The van der Waals surface area contributed by atoms with Gasteiger partial charge in [0.15, 0.2) is 0 Å². The molecule has 0 saturated carbocycles. The van der Waals surface area contributed by atoms with Gasteiger partial charge in [-0.25, -0.2) is 4.68 Å². The summed E-state index contributed by atoms with van der Waals surface area (Å²) >= 11 is 0.